The van der Waals surface area contributed by atoms with Crippen LogP contribution < -0.4 is 5.46 Å². The van der Waals surface area contributed by atoms with Crippen LogP contribution in [-0.2, 0) is 4.65 Å². The summed E-state index contributed by atoms with van der Waals surface area (Å²) in [7, 11) is 2.02. The maximum Gasteiger partial charge on any atom is 0.331 e. The predicted molar refractivity (Wildman–Crippen MR) is 217 cm³/mol. The SMILES string of the molecule is CC(C)C(C)(C)O[B]c1cc(-n2c3ccccc3c3c4ccccc4c4c5cc6ccccc6cc5sc4c32)cc2sc3ccccc3c12. The largest absolute Gasteiger partial charge is 0.429 e. The van der Waals surface area contributed by atoms with Gasteiger partial charge in [0, 0.05) is 46.9 Å². The van der Waals surface area contributed by atoms with Gasteiger partial charge in [-0.05, 0) is 93.9 Å². The molecule has 10 rings (SSSR count). The number of nitrogens with zero attached hydrogens (tertiary/aromatic N) is 1. The number of fused-ring (bicyclic) bond motifs is 14. The van der Waals surface area contributed by atoms with Gasteiger partial charge >= 0.3 is 7.48 Å². The van der Waals surface area contributed by atoms with Crippen molar-refractivity contribution in [3.63, 3.8) is 0 Å². The van der Waals surface area contributed by atoms with Gasteiger partial charge in [-0.3, -0.25) is 0 Å². The molecule has 0 aliphatic heterocycles. The molecular formula is C44H33BNOS2. The molecule has 0 unspecified atom stereocenters. The van der Waals surface area contributed by atoms with Gasteiger partial charge < -0.3 is 9.22 Å². The summed E-state index contributed by atoms with van der Waals surface area (Å²) in [5.41, 5.74) is 4.46. The van der Waals surface area contributed by atoms with Crippen molar-refractivity contribution in [1.29, 1.82) is 0 Å². The summed E-state index contributed by atoms with van der Waals surface area (Å²) >= 11 is 3.79. The summed E-state index contributed by atoms with van der Waals surface area (Å²) < 4.78 is 14.4. The van der Waals surface area contributed by atoms with Crippen LogP contribution >= 0.6 is 22.7 Å². The Morgan fingerprint density at radius 3 is 2.02 bits per heavy atom. The van der Waals surface area contributed by atoms with Crippen LogP contribution in [0.25, 0.3) is 89.4 Å². The van der Waals surface area contributed by atoms with E-state index in [9.17, 15) is 0 Å². The number of thiophene rings is 2. The smallest absolute Gasteiger partial charge is 0.331 e. The molecule has 0 atom stereocenters. The van der Waals surface area contributed by atoms with Crippen LogP contribution in [0.3, 0.4) is 0 Å². The van der Waals surface area contributed by atoms with E-state index in [1.54, 1.807) is 0 Å². The van der Waals surface area contributed by atoms with Crippen molar-refractivity contribution in [2.24, 2.45) is 5.92 Å². The minimum Gasteiger partial charge on any atom is -0.429 e. The summed E-state index contributed by atoms with van der Waals surface area (Å²) in [5.74, 6) is 0.366. The summed E-state index contributed by atoms with van der Waals surface area (Å²) in [6.07, 6.45) is 0. The molecule has 0 aliphatic carbocycles. The third-order valence-electron chi connectivity index (χ3n) is 10.7. The highest BCUT2D eigenvalue weighted by molar-refractivity contribution is 7.27. The minimum atomic E-state index is -0.299. The van der Waals surface area contributed by atoms with Gasteiger partial charge in [-0.15, -0.1) is 22.7 Å². The van der Waals surface area contributed by atoms with Crippen LogP contribution in [0.5, 0.6) is 0 Å². The highest BCUT2D eigenvalue weighted by Gasteiger charge is 2.26. The number of rotatable bonds is 5. The van der Waals surface area contributed by atoms with Crippen molar-refractivity contribution in [3.05, 3.63) is 121 Å². The number of hydrogen-bond donors (Lipinski definition) is 0. The van der Waals surface area contributed by atoms with Crippen LogP contribution in [0.4, 0.5) is 0 Å². The van der Waals surface area contributed by atoms with Crippen molar-refractivity contribution in [3.8, 4) is 5.69 Å². The molecule has 1 radical (unpaired) electrons. The molecule has 7 aromatic carbocycles. The monoisotopic (exact) mass is 666 g/mol. The molecule has 235 valence electrons. The molecule has 0 bridgehead atoms. The molecule has 5 heteroatoms. The second kappa shape index (κ2) is 10.7. The van der Waals surface area contributed by atoms with Gasteiger partial charge in [0.05, 0.1) is 15.7 Å². The van der Waals surface area contributed by atoms with Gasteiger partial charge in [0.25, 0.3) is 0 Å². The molecule has 0 spiro atoms. The Morgan fingerprint density at radius 1 is 0.592 bits per heavy atom. The van der Waals surface area contributed by atoms with E-state index < -0.39 is 0 Å². The van der Waals surface area contributed by atoms with Crippen LogP contribution in [0.1, 0.15) is 27.7 Å². The molecule has 0 saturated carbocycles. The molecule has 0 amide bonds. The first-order valence-corrected chi connectivity index (χ1v) is 18.7. The Labute approximate surface area is 293 Å². The summed E-state index contributed by atoms with van der Waals surface area (Å²) in [6, 6.07) is 45.0. The first-order valence-electron chi connectivity index (χ1n) is 17.0. The molecular weight excluding hydrogens is 633 g/mol. The predicted octanol–water partition coefficient (Wildman–Crippen LogP) is 12.5. The fourth-order valence-corrected chi connectivity index (χ4v) is 10.0. The lowest BCUT2D eigenvalue weighted by Crippen LogP contribution is -2.36. The van der Waals surface area contributed by atoms with Gasteiger partial charge in [0.1, 0.15) is 0 Å². The number of aromatic nitrogens is 1. The van der Waals surface area contributed by atoms with Crippen LogP contribution in [0.15, 0.2) is 121 Å². The van der Waals surface area contributed by atoms with E-state index in [2.05, 4.69) is 154 Å². The zero-order valence-electron chi connectivity index (χ0n) is 27.9. The highest BCUT2D eigenvalue weighted by atomic mass is 32.1. The highest BCUT2D eigenvalue weighted by Crippen LogP contribution is 2.49. The quantitative estimate of drug-likeness (QED) is 0.167. The van der Waals surface area contributed by atoms with Gasteiger partial charge in [-0.1, -0.05) is 98.8 Å². The summed E-state index contributed by atoms with van der Waals surface area (Å²) in [4.78, 5) is 0. The van der Waals surface area contributed by atoms with Gasteiger partial charge in [0.2, 0.25) is 0 Å². The lowest BCUT2D eigenvalue weighted by molar-refractivity contribution is 0.0668. The third kappa shape index (κ3) is 4.29. The van der Waals surface area contributed by atoms with Gasteiger partial charge in [-0.25, -0.2) is 0 Å². The first kappa shape index (κ1) is 29.3. The summed E-state index contributed by atoms with van der Waals surface area (Å²) in [5, 5.41) is 13.0. The first-order chi connectivity index (χ1) is 23.9. The van der Waals surface area contributed by atoms with E-state index in [4.69, 9.17) is 4.65 Å². The Kier molecular flexibility index (Phi) is 6.37. The Bertz CT molecular complexity index is 2960. The van der Waals surface area contributed by atoms with Crippen molar-refractivity contribution >= 4 is 119 Å². The van der Waals surface area contributed by atoms with Gasteiger partial charge in [0.15, 0.2) is 0 Å². The topological polar surface area (TPSA) is 14.2 Å². The van der Waals surface area contributed by atoms with Crippen molar-refractivity contribution in [2.75, 3.05) is 0 Å². The van der Waals surface area contributed by atoms with Gasteiger partial charge in [-0.2, -0.15) is 0 Å². The minimum absolute atomic E-state index is 0.299. The van der Waals surface area contributed by atoms with Crippen molar-refractivity contribution in [2.45, 2.75) is 33.3 Å². The van der Waals surface area contributed by atoms with Crippen molar-refractivity contribution in [1.82, 2.24) is 4.57 Å². The second-order valence-corrected chi connectivity index (χ2v) is 16.3. The molecule has 0 aliphatic rings. The van der Waals surface area contributed by atoms with E-state index in [1.165, 1.54) is 83.7 Å². The maximum absolute atomic E-state index is 6.63. The fraction of sp³-hybridized carbons (Fsp3) is 0.136. The number of para-hydroxylation sites is 1. The zero-order valence-corrected chi connectivity index (χ0v) is 29.5. The number of hydrogen-bond acceptors (Lipinski definition) is 3. The molecule has 2 nitrogen and oxygen atoms in total. The van der Waals surface area contributed by atoms with E-state index >= 15 is 0 Å². The standard InChI is InChI=1S/C44H33BNOS2/c1-25(2)44(3,4)47-45-34-23-28(24-38-41(34)32-18-10-12-20-36(32)48-38)46-35-19-11-9-17-31(35)39-29-15-7-8-16-30(29)40-33-21-26-13-5-6-14-27(26)22-37(33)49-43(40)42(39)46/h5-25H,1-4H3. The summed E-state index contributed by atoms with van der Waals surface area (Å²) in [6.45, 7) is 8.81. The second-order valence-electron chi connectivity index (χ2n) is 14.1. The van der Waals surface area contributed by atoms with E-state index in [-0.39, 0.29) is 5.60 Å². The lowest BCUT2D eigenvalue weighted by Gasteiger charge is -2.30. The Balaban J connectivity index is 1.36. The molecule has 49 heavy (non-hydrogen) atoms. The lowest BCUT2D eigenvalue weighted by atomic mass is 9.81. The van der Waals surface area contributed by atoms with E-state index in [0.29, 0.717) is 5.92 Å². The molecule has 3 aromatic heterocycles. The average Bonchev–Trinajstić information content (AvgIpc) is 3.79. The van der Waals surface area contributed by atoms with Crippen LogP contribution in [-0.4, -0.2) is 17.7 Å². The molecule has 0 saturated heterocycles. The Hall–Kier alpha value is -4.68. The average molecular weight is 667 g/mol. The number of benzene rings is 7. The molecule has 0 fully saturated rings. The molecule has 10 aromatic rings. The maximum atomic E-state index is 6.63. The van der Waals surface area contributed by atoms with E-state index in [0.717, 1.165) is 11.2 Å². The molecule has 3 heterocycles. The van der Waals surface area contributed by atoms with E-state index in [1.807, 2.05) is 30.2 Å². The third-order valence-corrected chi connectivity index (χ3v) is 13.0. The van der Waals surface area contributed by atoms with Crippen molar-refractivity contribution < 1.29 is 4.65 Å². The molecule has 0 N–H and O–H groups in total. The normalized spacial score (nSPS) is 12.8. The Morgan fingerprint density at radius 2 is 1.24 bits per heavy atom. The van der Waals surface area contributed by atoms with Crippen LogP contribution in [0, 0.1) is 5.92 Å². The zero-order chi connectivity index (χ0) is 33.0. The fourth-order valence-electron chi connectivity index (χ4n) is 7.58. The van der Waals surface area contributed by atoms with Crippen LogP contribution in [0.2, 0.25) is 0 Å².